The van der Waals surface area contributed by atoms with Gasteiger partial charge >= 0.3 is 0 Å². The number of rotatable bonds is 5. The number of piperidine rings is 1. The van der Waals surface area contributed by atoms with Gasteiger partial charge in [-0.25, -0.2) is 0 Å². The van der Waals surface area contributed by atoms with Gasteiger partial charge in [-0.3, -0.25) is 9.69 Å². The van der Waals surface area contributed by atoms with E-state index in [-0.39, 0.29) is 11.9 Å². The monoisotopic (exact) mass is 493 g/mol. The minimum absolute atomic E-state index is 0.00429. The van der Waals surface area contributed by atoms with Gasteiger partial charge < -0.3 is 19.7 Å². The second-order valence-electron chi connectivity index (χ2n) is 10.8. The molecule has 2 aromatic rings. The van der Waals surface area contributed by atoms with E-state index in [0.29, 0.717) is 31.3 Å². The summed E-state index contributed by atoms with van der Waals surface area (Å²) >= 11 is 0. The Balaban J connectivity index is 1.51. The Hall–Kier alpha value is -2.41. The number of benzene rings is 2. The summed E-state index contributed by atoms with van der Waals surface area (Å²) < 4.78 is 12.0. The van der Waals surface area contributed by atoms with Gasteiger partial charge in [0.1, 0.15) is 12.4 Å². The highest BCUT2D eigenvalue weighted by atomic mass is 16.5. The van der Waals surface area contributed by atoms with E-state index in [9.17, 15) is 4.79 Å². The topological polar surface area (TPSA) is 54.0 Å². The highest BCUT2D eigenvalue weighted by molar-refractivity contribution is 5.94. The molecule has 0 radical (unpaired) electrons. The van der Waals surface area contributed by atoms with Gasteiger partial charge in [0.05, 0.1) is 13.2 Å². The predicted molar refractivity (Wildman–Crippen MR) is 145 cm³/mol. The smallest absolute Gasteiger partial charge is 0.251 e. The fourth-order valence-electron chi connectivity index (χ4n) is 4.95. The van der Waals surface area contributed by atoms with Gasteiger partial charge in [-0.05, 0) is 86.8 Å². The molecule has 1 saturated heterocycles. The van der Waals surface area contributed by atoms with Crippen molar-refractivity contribution in [1.82, 2.24) is 15.1 Å². The van der Waals surface area contributed by atoms with Crippen LogP contribution in [0.2, 0.25) is 0 Å². The SMILES string of the molecule is CC(C)CCN1CCOCCOc2ccc(C(=O)NC3CCN(C)CC3)cc2Cc2cccc(c2)C1. The largest absolute Gasteiger partial charge is 0.491 e. The van der Waals surface area contributed by atoms with Crippen molar-refractivity contribution in [3.8, 4) is 5.75 Å². The molecule has 2 bridgehead atoms. The summed E-state index contributed by atoms with van der Waals surface area (Å²) in [7, 11) is 2.13. The Morgan fingerprint density at radius 2 is 1.83 bits per heavy atom. The summed E-state index contributed by atoms with van der Waals surface area (Å²) in [5.41, 5.74) is 4.29. The lowest BCUT2D eigenvalue weighted by molar-refractivity contribution is 0.0764. The molecule has 0 saturated carbocycles. The van der Waals surface area contributed by atoms with Gasteiger partial charge in [0.15, 0.2) is 0 Å². The Labute approximate surface area is 217 Å². The lowest BCUT2D eigenvalue weighted by atomic mass is 9.99. The molecular weight excluding hydrogens is 450 g/mol. The molecule has 1 amide bonds. The van der Waals surface area contributed by atoms with Crippen LogP contribution in [0.5, 0.6) is 5.75 Å². The molecule has 0 atom stereocenters. The molecule has 6 nitrogen and oxygen atoms in total. The second-order valence-corrected chi connectivity index (χ2v) is 10.8. The van der Waals surface area contributed by atoms with E-state index in [1.165, 1.54) is 17.5 Å². The quantitative estimate of drug-likeness (QED) is 0.671. The molecule has 0 aromatic heterocycles. The van der Waals surface area contributed by atoms with Gasteiger partial charge in [0.25, 0.3) is 5.91 Å². The molecule has 196 valence electrons. The zero-order valence-electron chi connectivity index (χ0n) is 22.3. The van der Waals surface area contributed by atoms with Crippen LogP contribution in [0.1, 0.15) is 60.2 Å². The molecule has 0 unspecified atom stereocenters. The number of hydrogen-bond donors (Lipinski definition) is 1. The van der Waals surface area contributed by atoms with Crippen LogP contribution in [-0.4, -0.2) is 74.8 Å². The number of hydrogen-bond acceptors (Lipinski definition) is 5. The van der Waals surface area contributed by atoms with Crippen molar-refractivity contribution >= 4 is 5.91 Å². The normalized spacial score (nSPS) is 18.8. The van der Waals surface area contributed by atoms with Gasteiger partial charge in [-0.15, -0.1) is 0 Å². The minimum atomic E-state index is 0.00429. The molecule has 2 aliphatic rings. The third kappa shape index (κ3) is 8.05. The van der Waals surface area contributed by atoms with Gasteiger partial charge in [-0.1, -0.05) is 38.1 Å². The average molecular weight is 494 g/mol. The van der Waals surface area contributed by atoms with Gasteiger partial charge in [0, 0.05) is 31.1 Å². The van der Waals surface area contributed by atoms with Crippen LogP contribution in [0.4, 0.5) is 0 Å². The average Bonchev–Trinajstić information content (AvgIpc) is 2.86. The fraction of sp³-hybridized carbons (Fsp3) is 0.567. The molecule has 36 heavy (non-hydrogen) atoms. The number of carbonyl (C=O) groups is 1. The third-order valence-electron chi connectivity index (χ3n) is 7.23. The van der Waals surface area contributed by atoms with Crippen molar-refractivity contribution in [3.63, 3.8) is 0 Å². The van der Waals surface area contributed by atoms with Crippen molar-refractivity contribution in [2.45, 2.75) is 52.1 Å². The Morgan fingerprint density at radius 3 is 2.64 bits per heavy atom. The van der Waals surface area contributed by atoms with Crippen molar-refractivity contribution in [2.24, 2.45) is 5.92 Å². The first-order chi connectivity index (χ1) is 17.5. The highest BCUT2D eigenvalue weighted by Gasteiger charge is 2.20. The van der Waals surface area contributed by atoms with E-state index in [1.54, 1.807) is 0 Å². The number of ether oxygens (including phenoxy) is 2. The van der Waals surface area contributed by atoms with E-state index in [0.717, 1.165) is 63.3 Å². The maximum absolute atomic E-state index is 13.1. The maximum atomic E-state index is 13.1. The van der Waals surface area contributed by atoms with Crippen molar-refractivity contribution in [3.05, 3.63) is 64.7 Å². The van der Waals surface area contributed by atoms with Crippen molar-refractivity contribution in [2.75, 3.05) is 53.0 Å². The molecule has 1 N–H and O–H groups in total. The van der Waals surface area contributed by atoms with E-state index in [2.05, 4.69) is 60.3 Å². The number of fused-ring (bicyclic) bond motifs is 3. The summed E-state index contributed by atoms with van der Waals surface area (Å²) in [4.78, 5) is 17.9. The standard InChI is InChI=1S/C30H43N3O3/c1-23(2)9-14-33-15-16-35-17-18-36-29-8-7-26(30(34)31-28-10-12-32(3)13-11-28)21-27(29)20-24-5-4-6-25(19-24)22-33/h4-8,19,21,23,28H,9-18,20,22H2,1-3H3,(H,31,34). The molecule has 0 spiro atoms. The van der Waals surface area contributed by atoms with Crippen LogP contribution in [0.15, 0.2) is 42.5 Å². The van der Waals surface area contributed by atoms with E-state index in [4.69, 9.17) is 9.47 Å². The lowest BCUT2D eigenvalue weighted by Gasteiger charge is -2.29. The number of nitrogens with one attached hydrogen (secondary N) is 1. The predicted octanol–water partition coefficient (Wildman–Crippen LogP) is 4.36. The summed E-state index contributed by atoms with van der Waals surface area (Å²) in [6.07, 6.45) is 3.90. The van der Waals surface area contributed by atoms with Gasteiger partial charge in [-0.2, -0.15) is 0 Å². The lowest BCUT2D eigenvalue weighted by Crippen LogP contribution is -2.43. The van der Waals surface area contributed by atoms with Gasteiger partial charge in [0.2, 0.25) is 0 Å². The molecule has 2 heterocycles. The van der Waals surface area contributed by atoms with Crippen LogP contribution in [0.3, 0.4) is 0 Å². The van der Waals surface area contributed by atoms with Crippen LogP contribution < -0.4 is 10.1 Å². The molecule has 2 aromatic carbocycles. The first kappa shape index (κ1) is 26.6. The van der Waals surface area contributed by atoms with Crippen LogP contribution >= 0.6 is 0 Å². The zero-order valence-corrected chi connectivity index (χ0v) is 22.3. The van der Waals surface area contributed by atoms with Crippen LogP contribution in [0, 0.1) is 5.92 Å². The Bertz CT molecular complexity index is 985. The summed E-state index contributed by atoms with van der Waals surface area (Å²) in [5, 5.41) is 3.24. The van der Waals surface area contributed by atoms with Crippen LogP contribution in [-0.2, 0) is 17.7 Å². The number of carbonyl (C=O) groups excluding carboxylic acids is 1. The van der Waals surface area contributed by atoms with Crippen molar-refractivity contribution < 1.29 is 14.3 Å². The fourth-order valence-corrected chi connectivity index (χ4v) is 4.95. The molecule has 6 heteroatoms. The molecule has 2 aliphatic heterocycles. The summed E-state index contributed by atoms with van der Waals surface area (Å²) in [5.74, 6) is 1.51. The summed E-state index contributed by atoms with van der Waals surface area (Å²) in [6.45, 7) is 11.3. The highest BCUT2D eigenvalue weighted by Crippen LogP contribution is 2.25. The maximum Gasteiger partial charge on any atom is 0.251 e. The summed E-state index contributed by atoms with van der Waals surface area (Å²) in [6, 6.07) is 14.9. The third-order valence-corrected chi connectivity index (χ3v) is 7.23. The number of nitrogens with zero attached hydrogens (tertiary/aromatic N) is 2. The van der Waals surface area contributed by atoms with E-state index < -0.39 is 0 Å². The molecule has 4 rings (SSSR count). The molecule has 0 aliphatic carbocycles. The van der Waals surface area contributed by atoms with E-state index >= 15 is 0 Å². The zero-order chi connectivity index (χ0) is 25.3. The Kier molecular flexibility index (Phi) is 9.79. The molecule has 1 fully saturated rings. The second kappa shape index (κ2) is 13.2. The number of amides is 1. The van der Waals surface area contributed by atoms with Crippen molar-refractivity contribution in [1.29, 1.82) is 0 Å². The van der Waals surface area contributed by atoms with E-state index in [1.807, 2.05) is 18.2 Å². The molecular formula is C30H43N3O3. The number of likely N-dealkylation sites (tertiary alicyclic amines) is 1. The first-order valence-electron chi connectivity index (χ1n) is 13.6. The minimum Gasteiger partial charge on any atom is -0.491 e. The first-order valence-corrected chi connectivity index (χ1v) is 13.6. The Morgan fingerprint density at radius 1 is 1.03 bits per heavy atom. The van der Waals surface area contributed by atoms with Crippen LogP contribution in [0.25, 0.3) is 0 Å².